The Morgan fingerprint density at radius 1 is 0.647 bits per heavy atom. The van der Waals surface area contributed by atoms with Gasteiger partial charge in [0.1, 0.15) is 0 Å². The zero-order valence-corrected chi connectivity index (χ0v) is 11.7. The quantitative estimate of drug-likeness (QED) is 0.625. The van der Waals surface area contributed by atoms with Crippen molar-refractivity contribution in [2.24, 2.45) is 10.8 Å². The Kier molecular flexibility index (Phi) is 2.36. The molecule has 1 saturated heterocycles. The van der Waals surface area contributed by atoms with Crippen LogP contribution in [0.3, 0.4) is 0 Å². The Morgan fingerprint density at radius 3 is 1.24 bits per heavy atom. The Morgan fingerprint density at radius 2 is 0.941 bits per heavy atom. The van der Waals surface area contributed by atoms with E-state index in [2.05, 4.69) is 33.0 Å². The van der Waals surface area contributed by atoms with Crippen molar-refractivity contribution in [3.05, 3.63) is 22.3 Å². The molecule has 1 heterocycles. The van der Waals surface area contributed by atoms with Gasteiger partial charge in [0.15, 0.2) is 0 Å². The van der Waals surface area contributed by atoms with Crippen molar-refractivity contribution >= 4 is 0 Å². The van der Waals surface area contributed by atoms with Gasteiger partial charge in [-0.2, -0.15) is 0 Å². The summed E-state index contributed by atoms with van der Waals surface area (Å²) < 4.78 is 0. The minimum Gasteiger partial charge on any atom is -0.316 e. The van der Waals surface area contributed by atoms with Crippen molar-refractivity contribution in [2.45, 2.75) is 53.4 Å². The van der Waals surface area contributed by atoms with Crippen molar-refractivity contribution in [2.75, 3.05) is 13.1 Å². The Bertz CT molecular complexity index is 357. The Labute approximate surface area is 105 Å². The molecular weight excluding hydrogens is 206 g/mol. The van der Waals surface area contributed by atoms with Crippen LogP contribution in [0.5, 0.6) is 0 Å². The Balaban J connectivity index is 2.09. The molecule has 0 unspecified atom stereocenters. The molecule has 0 aromatic rings. The molecule has 0 radical (unpaired) electrons. The van der Waals surface area contributed by atoms with Gasteiger partial charge in [-0.25, -0.2) is 0 Å². The molecule has 1 aliphatic heterocycles. The molecule has 0 amide bonds. The van der Waals surface area contributed by atoms with Gasteiger partial charge in [-0.3, -0.25) is 0 Å². The minimum atomic E-state index is 0.542. The highest BCUT2D eigenvalue weighted by molar-refractivity contribution is 5.33. The molecule has 0 aromatic heterocycles. The largest absolute Gasteiger partial charge is 0.316 e. The molecule has 1 fully saturated rings. The van der Waals surface area contributed by atoms with Gasteiger partial charge in [0.2, 0.25) is 0 Å². The van der Waals surface area contributed by atoms with E-state index in [-0.39, 0.29) is 0 Å². The topological polar surface area (TPSA) is 12.0 Å². The molecule has 0 bridgehead atoms. The summed E-state index contributed by atoms with van der Waals surface area (Å²) in [5.74, 6) is 0. The third kappa shape index (κ3) is 1.41. The average molecular weight is 231 g/mol. The highest BCUT2D eigenvalue weighted by Crippen LogP contribution is 2.62. The van der Waals surface area contributed by atoms with Crippen LogP contribution in [0.1, 0.15) is 53.4 Å². The van der Waals surface area contributed by atoms with Crippen LogP contribution in [-0.2, 0) is 0 Å². The fourth-order valence-corrected chi connectivity index (χ4v) is 4.67. The molecule has 3 rings (SSSR count). The fraction of sp³-hybridized carbons (Fsp3) is 0.750. The second-order valence-corrected chi connectivity index (χ2v) is 6.99. The monoisotopic (exact) mass is 231 g/mol. The maximum Gasteiger partial charge on any atom is 0.00202 e. The molecule has 0 spiro atoms. The lowest BCUT2D eigenvalue weighted by molar-refractivity contribution is 0.0667. The summed E-state index contributed by atoms with van der Waals surface area (Å²) in [5, 5.41) is 3.72. The lowest BCUT2D eigenvalue weighted by Crippen LogP contribution is -2.46. The normalized spacial score (nSPS) is 41.6. The van der Waals surface area contributed by atoms with Crippen molar-refractivity contribution in [3.63, 3.8) is 0 Å². The molecule has 1 nitrogen and oxygen atoms in total. The first-order valence-corrected chi connectivity index (χ1v) is 6.99. The summed E-state index contributed by atoms with van der Waals surface area (Å²) in [6, 6.07) is 0. The van der Waals surface area contributed by atoms with Crippen LogP contribution in [0, 0.1) is 10.8 Å². The van der Waals surface area contributed by atoms with Gasteiger partial charge >= 0.3 is 0 Å². The highest BCUT2D eigenvalue weighted by Gasteiger charge is 2.57. The molecular formula is C16H25N. The molecule has 1 N–H and O–H groups in total. The maximum absolute atomic E-state index is 3.72. The van der Waals surface area contributed by atoms with Gasteiger partial charge in [0, 0.05) is 13.1 Å². The van der Waals surface area contributed by atoms with Crippen LogP contribution >= 0.6 is 0 Å². The van der Waals surface area contributed by atoms with Crippen molar-refractivity contribution < 1.29 is 0 Å². The second-order valence-electron chi connectivity index (χ2n) is 6.99. The first-order valence-electron chi connectivity index (χ1n) is 6.99. The SMILES string of the molecule is CC1=C(C)CC23CNCC2(C1)CC(C)=C(C)C3. The minimum absolute atomic E-state index is 0.542. The van der Waals surface area contributed by atoms with E-state index in [0.717, 1.165) is 0 Å². The molecule has 17 heavy (non-hydrogen) atoms. The Hall–Kier alpha value is -0.560. The van der Waals surface area contributed by atoms with Crippen molar-refractivity contribution in [1.29, 1.82) is 0 Å². The molecule has 0 aromatic carbocycles. The molecule has 0 atom stereocenters. The number of allylic oxidation sites excluding steroid dienone is 4. The molecule has 0 saturated carbocycles. The zero-order valence-electron chi connectivity index (χ0n) is 11.7. The van der Waals surface area contributed by atoms with Crippen LogP contribution in [0.2, 0.25) is 0 Å². The summed E-state index contributed by atoms with van der Waals surface area (Å²) >= 11 is 0. The first-order chi connectivity index (χ1) is 7.98. The van der Waals surface area contributed by atoms with E-state index in [0.29, 0.717) is 10.8 Å². The maximum atomic E-state index is 3.72. The summed E-state index contributed by atoms with van der Waals surface area (Å²) in [6.07, 6.45) is 5.32. The van der Waals surface area contributed by atoms with E-state index in [9.17, 15) is 0 Å². The molecule has 1 heteroatoms. The third-order valence-electron chi connectivity index (χ3n) is 5.92. The number of rotatable bonds is 0. The van der Waals surface area contributed by atoms with Crippen LogP contribution in [0.15, 0.2) is 22.3 Å². The lowest BCUT2D eigenvalue weighted by atomic mass is 9.50. The van der Waals surface area contributed by atoms with Crippen LogP contribution < -0.4 is 5.32 Å². The van der Waals surface area contributed by atoms with E-state index < -0.39 is 0 Å². The first kappa shape index (κ1) is 11.5. The van der Waals surface area contributed by atoms with Gasteiger partial charge in [0.25, 0.3) is 0 Å². The standard InChI is InChI=1S/C16H25N/c1-11-5-15-7-13(3)14(4)8-16(15,6-12(11)2)10-17-9-15/h17H,5-10H2,1-4H3. The van der Waals surface area contributed by atoms with E-state index in [1.807, 2.05) is 0 Å². The molecule has 2 aliphatic carbocycles. The van der Waals surface area contributed by atoms with Gasteiger partial charge in [-0.05, 0) is 64.2 Å². The smallest absolute Gasteiger partial charge is 0.00202 e. The summed E-state index contributed by atoms with van der Waals surface area (Å²) in [4.78, 5) is 0. The summed E-state index contributed by atoms with van der Waals surface area (Å²) in [7, 11) is 0. The van der Waals surface area contributed by atoms with Crippen LogP contribution in [0.25, 0.3) is 0 Å². The zero-order chi connectivity index (χ0) is 12.3. The summed E-state index contributed by atoms with van der Waals surface area (Å²) in [6.45, 7) is 11.9. The van der Waals surface area contributed by atoms with Crippen LogP contribution in [0.4, 0.5) is 0 Å². The van der Waals surface area contributed by atoms with Gasteiger partial charge in [-0.15, -0.1) is 0 Å². The van der Waals surface area contributed by atoms with E-state index >= 15 is 0 Å². The average Bonchev–Trinajstić information content (AvgIpc) is 2.57. The van der Waals surface area contributed by atoms with E-state index in [1.165, 1.54) is 38.8 Å². The summed E-state index contributed by atoms with van der Waals surface area (Å²) in [5.41, 5.74) is 7.74. The highest BCUT2D eigenvalue weighted by atomic mass is 15.0. The number of hydrogen-bond acceptors (Lipinski definition) is 1. The van der Waals surface area contributed by atoms with Crippen LogP contribution in [-0.4, -0.2) is 13.1 Å². The lowest BCUT2D eigenvalue weighted by Gasteiger charge is -2.53. The fourth-order valence-electron chi connectivity index (χ4n) is 4.67. The predicted octanol–water partition coefficient (Wildman–Crippen LogP) is 3.82. The predicted molar refractivity (Wildman–Crippen MR) is 73.0 cm³/mol. The third-order valence-corrected chi connectivity index (χ3v) is 5.92. The van der Waals surface area contributed by atoms with E-state index in [1.54, 1.807) is 22.3 Å². The van der Waals surface area contributed by atoms with Gasteiger partial charge in [0.05, 0.1) is 0 Å². The van der Waals surface area contributed by atoms with E-state index in [4.69, 9.17) is 0 Å². The number of nitrogens with one attached hydrogen (secondary N) is 1. The van der Waals surface area contributed by atoms with Gasteiger partial charge in [-0.1, -0.05) is 22.3 Å². The van der Waals surface area contributed by atoms with Crippen molar-refractivity contribution in [3.8, 4) is 0 Å². The molecule has 3 aliphatic rings. The van der Waals surface area contributed by atoms with Gasteiger partial charge < -0.3 is 5.32 Å². The second kappa shape index (κ2) is 3.47. The molecule has 94 valence electrons. The number of hydrogen-bond donors (Lipinski definition) is 1. The van der Waals surface area contributed by atoms with Crippen molar-refractivity contribution in [1.82, 2.24) is 5.32 Å².